The highest BCUT2D eigenvalue weighted by Gasteiger charge is 1.96. The Kier molecular flexibility index (Phi) is 35.6. The Balaban J connectivity index is 3.01. The van der Waals surface area contributed by atoms with E-state index in [0.717, 1.165) is 0 Å². The van der Waals surface area contributed by atoms with Gasteiger partial charge in [0.2, 0.25) is 0 Å². The Hall–Kier alpha value is -0.740. The maximum atomic E-state index is 5.46. The summed E-state index contributed by atoms with van der Waals surface area (Å²) in [5.41, 5.74) is 0. The van der Waals surface area contributed by atoms with Gasteiger partial charge in [-0.1, -0.05) is 6.08 Å². The minimum absolute atomic E-state index is 0.517. The molecule has 0 amide bonds. The van der Waals surface area contributed by atoms with Gasteiger partial charge < -0.3 is 56.8 Å². The molecule has 0 saturated carbocycles. The average Bonchev–Trinajstić information content (AvgIpc) is 2.93. The highest BCUT2D eigenvalue weighted by Crippen LogP contribution is 1.87. The molecule has 0 atom stereocenters. The fraction of sp³-hybridized carbons (Fsp3) is 0.923. The van der Waals surface area contributed by atoms with Gasteiger partial charge in [-0.25, -0.2) is 0 Å². The van der Waals surface area contributed by atoms with Crippen molar-refractivity contribution in [2.75, 3.05) is 159 Å². The van der Waals surface area contributed by atoms with Gasteiger partial charge in [0.15, 0.2) is 0 Å². The van der Waals surface area contributed by atoms with Crippen molar-refractivity contribution >= 4 is 0 Å². The van der Waals surface area contributed by atoms with E-state index in [-0.39, 0.29) is 0 Å². The lowest BCUT2D eigenvalue weighted by molar-refractivity contribution is -0.0278. The first-order valence-corrected chi connectivity index (χ1v) is 13.4. The normalized spacial score (nSPS) is 11.4. The van der Waals surface area contributed by atoms with Crippen LogP contribution in [-0.4, -0.2) is 159 Å². The molecule has 0 unspecified atom stereocenters. The van der Waals surface area contributed by atoms with E-state index in [9.17, 15) is 0 Å². The standard InChI is InChI=1S/C26H52O12/c1-3-4-28-7-8-30-11-12-32-15-16-34-19-20-36-23-24-38-26-25-37-22-21-35-18-17-33-14-13-31-10-9-29-6-5-27-2/h3H,1,4-26H2,2H3. The van der Waals surface area contributed by atoms with Gasteiger partial charge in [0.1, 0.15) is 0 Å². The van der Waals surface area contributed by atoms with Crippen molar-refractivity contribution in [1.29, 1.82) is 0 Å². The molecule has 0 bridgehead atoms. The number of hydrogen-bond acceptors (Lipinski definition) is 12. The largest absolute Gasteiger partial charge is 0.382 e. The zero-order valence-corrected chi connectivity index (χ0v) is 23.4. The second-order valence-electron chi connectivity index (χ2n) is 7.48. The molecule has 0 saturated heterocycles. The second kappa shape index (κ2) is 36.3. The quantitative estimate of drug-likeness (QED) is 0.0820. The van der Waals surface area contributed by atoms with Crippen LogP contribution in [0.3, 0.4) is 0 Å². The summed E-state index contributed by atoms with van der Waals surface area (Å²) in [5, 5.41) is 0. The Morgan fingerprint density at radius 3 is 0.684 bits per heavy atom. The Morgan fingerprint density at radius 1 is 0.316 bits per heavy atom. The summed E-state index contributed by atoms with van der Waals surface area (Å²) in [6, 6.07) is 0. The molecule has 0 aliphatic heterocycles. The zero-order chi connectivity index (χ0) is 27.5. The van der Waals surface area contributed by atoms with Crippen LogP contribution in [0.25, 0.3) is 0 Å². The molecule has 0 heterocycles. The van der Waals surface area contributed by atoms with E-state index in [1.807, 2.05) is 0 Å². The molecule has 0 radical (unpaired) electrons. The third kappa shape index (κ3) is 35.3. The first-order chi connectivity index (χ1) is 18.9. The molecule has 0 N–H and O–H groups in total. The summed E-state index contributed by atoms with van der Waals surface area (Å²) >= 11 is 0. The third-order valence-electron chi connectivity index (χ3n) is 4.39. The van der Waals surface area contributed by atoms with Crippen LogP contribution in [0.1, 0.15) is 0 Å². The van der Waals surface area contributed by atoms with Crippen LogP contribution >= 0.6 is 0 Å². The molecule has 0 rings (SSSR count). The molecule has 0 aromatic heterocycles. The number of methoxy groups -OCH3 is 1. The molecule has 0 aliphatic carbocycles. The Bertz CT molecular complexity index is 431. The van der Waals surface area contributed by atoms with Crippen molar-refractivity contribution in [3.05, 3.63) is 12.7 Å². The Labute approximate surface area is 229 Å². The van der Waals surface area contributed by atoms with Gasteiger partial charge in [-0.15, -0.1) is 6.58 Å². The van der Waals surface area contributed by atoms with Crippen LogP contribution < -0.4 is 0 Å². The van der Waals surface area contributed by atoms with Gasteiger partial charge in [-0.3, -0.25) is 0 Å². The van der Waals surface area contributed by atoms with Gasteiger partial charge >= 0.3 is 0 Å². The van der Waals surface area contributed by atoms with E-state index in [0.29, 0.717) is 152 Å². The van der Waals surface area contributed by atoms with Crippen molar-refractivity contribution in [3.63, 3.8) is 0 Å². The zero-order valence-electron chi connectivity index (χ0n) is 23.4. The van der Waals surface area contributed by atoms with Crippen LogP contribution in [0.5, 0.6) is 0 Å². The van der Waals surface area contributed by atoms with E-state index >= 15 is 0 Å². The number of hydrogen-bond donors (Lipinski definition) is 0. The summed E-state index contributed by atoms with van der Waals surface area (Å²) < 4.78 is 64.2. The predicted molar refractivity (Wildman–Crippen MR) is 141 cm³/mol. The van der Waals surface area contributed by atoms with E-state index in [1.165, 1.54) is 0 Å². The molecule has 38 heavy (non-hydrogen) atoms. The molecule has 0 spiro atoms. The van der Waals surface area contributed by atoms with Crippen molar-refractivity contribution in [2.45, 2.75) is 0 Å². The van der Waals surface area contributed by atoms with E-state index in [2.05, 4.69) is 6.58 Å². The molecule has 0 aromatic rings. The van der Waals surface area contributed by atoms with Gasteiger partial charge in [-0.2, -0.15) is 0 Å². The van der Waals surface area contributed by atoms with Crippen LogP contribution in [0, 0.1) is 0 Å². The minimum Gasteiger partial charge on any atom is -0.382 e. The Morgan fingerprint density at radius 2 is 0.500 bits per heavy atom. The summed E-state index contributed by atoms with van der Waals surface area (Å²) in [4.78, 5) is 0. The molecule has 0 aliphatic rings. The van der Waals surface area contributed by atoms with E-state index in [1.54, 1.807) is 13.2 Å². The molecule has 228 valence electrons. The first kappa shape index (κ1) is 37.3. The second-order valence-corrected chi connectivity index (χ2v) is 7.48. The minimum atomic E-state index is 0.517. The monoisotopic (exact) mass is 556 g/mol. The van der Waals surface area contributed by atoms with Crippen molar-refractivity contribution in [2.24, 2.45) is 0 Å². The lowest BCUT2D eigenvalue weighted by Crippen LogP contribution is -2.15. The van der Waals surface area contributed by atoms with Crippen LogP contribution in [0.2, 0.25) is 0 Å². The lowest BCUT2D eigenvalue weighted by atomic mass is 10.6. The average molecular weight is 557 g/mol. The summed E-state index contributed by atoms with van der Waals surface area (Å²) in [6.45, 7) is 15.9. The van der Waals surface area contributed by atoms with Crippen LogP contribution in [-0.2, 0) is 56.8 Å². The third-order valence-corrected chi connectivity index (χ3v) is 4.39. The summed E-state index contributed by atoms with van der Waals surface area (Å²) in [5.74, 6) is 0. The predicted octanol–water partition coefficient (Wildman–Crippen LogP) is 1.00. The highest BCUT2D eigenvalue weighted by atomic mass is 16.6. The SMILES string of the molecule is C=CCOCCOCCOCCOCCOCCOCCOCCOCCOCCOCCOCCOC. The molecular weight excluding hydrogens is 504 g/mol. The molecule has 0 aromatic carbocycles. The fourth-order valence-electron chi connectivity index (χ4n) is 2.51. The molecule has 0 fully saturated rings. The maximum Gasteiger partial charge on any atom is 0.0704 e. The van der Waals surface area contributed by atoms with Gasteiger partial charge in [0.25, 0.3) is 0 Å². The van der Waals surface area contributed by atoms with E-state index < -0.39 is 0 Å². The fourth-order valence-corrected chi connectivity index (χ4v) is 2.51. The van der Waals surface area contributed by atoms with Crippen molar-refractivity contribution in [1.82, 2.24) is 0 Å². The molecular formula is C26H52O12. The van der Waals surface area contributed by atoms with E-state index in [4.69, 9.17) is 56.8 Å². The van der Waals surface area contributed by atoms with Crippen LogP contribution in [0.4, 0.5) is 0 Å². The topological polar surface area (TPSA) is 111 Å². The van der Waals surface area contributed by atoms with Crippen LogP contribution in [0.15, 0.2) is 12.7 Å². The first-order valence-electron chi connectivity index (χ1n) is 13.4. The lowest BCUT2D eigenvalue weighted by Gasteiger charge is -2.09. The smallest absolute Gasteiger partial charge is 0.0704 e. The van der Waals surface area contributed by atoms with Crippen molar-refractivity contribution < 1.29 is 56.8 Å². The summed E-state index contributed by atoms with van der Waals surface area (Å²) in [7, 11) is 1.65. The number of ether oxygens (including phenoxy) is 12. The van der Waals surface area contributed by atoms with Gasteiger partial charge in [0.05, 0.1) is 152 Å². The molecule has 12 nitrogen and oxygen atoms in total. The highest BCUT2D eigenvalue weighted by molar-refractivity contribution is 4.63. The van der Waals surface area contributed by atoms with Gasteiger partial charge in [-0.05, 0) is 0 Å². The van der Waals surface area contributed by atoms with Crippen molar-refractivity contribution in [3.8, 4) is 0 Å². The van der Waals surface area contributed by atoms with Gasteiger partial charge in [0, 0.05) is 7.11 Å². The number of rotatable bonds is 35. The summed E-state index contributed by atoms with van der Waals surface area (Å²) in [6.07, 6.45) is 1.71. The maximum absolute atomic E-state index is 5.46. The molecule has 12 heteroatoms.